The Balaban J connectivity index is 1.48. The van der Waals surface area contributed by atoms with Gasteiger partial charge in [-0.15, -0.1) is 0 Å². The molecule has 2 heterocycles. The minimum absolute atomic E-state index is 0.814. The number of nitrogens with zero attached hydrogens (tertiary/aromatic N) is 2. The van der Waals surface area contributed by atoms with E-state index in [2.05, 4.69) is 78.1 Å². The molecule has 0 unspecified atom stereocenters. The first-order valence-corrected chi connectivity index (χ1v) is 13.1. The van der Waals surface area contributed by atoms with E-state index in [-0.39, 0.29) is 0 Å². The molecule has 5 aromatic rings. The molecule has 0 amide bonds. The van der Waals surface area contributed by atoms with Crippen molar-refractivity contribution in [3.63, 3.8) is 0 Å². The summed E-state index contributed by atoms with van der Waals surface area (Å²) < 4.78 is 14.4. The second-order valence-corrected chi connectivity index (χ2v) is 10.2. The highest BCUT2D eigenvalue weighted by molar-refractivity contribution is 9.11. The number of halogens is 2. The van der Waals surface area contributed by atoms with Crippen LogP contribution in [0.25, 0.3) is 0 Å². The third-order valence-corrected chi connectivity index (χ3v) is 7.63. The molecule has 0 radical (unpaired) electrons. The van der Waals surface area contributed by atoms with Crippen molar-refractivity contribution in [1.82, 2.24) is 0 Å². The van der Waals surface area contributed by atoms with Gasteiger partial charge in [0, 0.05) is 8.95 Å². The Morgan fingerprint density at radius 1 is 0.389 bits per heavy atom. The van der Waals surface area contributed by atoms with Crippen LogP contribution in [0.5, 0.6) is 23.0 Å². The number of benzene rings is 5. The van der Waals surface area contributed by atoms with E-state index in [0.717, 1.165) is 66.1 Å². The molecule has 0 fully saturated rings. The van der Waals surface area contributed by atoms with Crippen molar-refractivity contribution in [1.29, 1.82) is 0 Å². The molecule has 7 rings (SSSR count). The van der Waals surface area contributed by atoms with Gasteiger partial charge in [0.05, 0.1) is 34.1 Å². The zero-order valence-electron chi connectivity index (χ0n) is 18.9. The fourth-order valence-electron chi connectivity index (χ4n) is 4.80. The number of ether oxygens (including phenoxy) is 2. The number of hydrogen-bond donors (Lipinski definition) is 0. The van der Waals surface area contributed by atoms with E-state index in [1.165, 1.54) is 0 Å². The Bertz CT molecular complexity index is 1440. The Hall–Kier alpha value is -3.74. The average molecular weight is 598 g/mol. The van der Waals surface area contributed by atoms with E-state index >= 15 is 0 Å². The van der Waals surface area contributed by atoms with Gasteiger partial charge in [0.25, 0.3) is 0 Å². The zero-order chi connectivity index (χ0) is 24.2. The minimum atomic E-state index is 0.814. The lowest BCUT2D eigenvalue weighted by molar-refractivity contribution is 0.477. The third kappa shape index (κ3) is 3.33. The quantitative estimate of drug-likeness (QED) is 0.198. The number of anilines is 6. The Morgan fingerprint density at radius 2 is 0.694 bits per heavy atom. The van der Waals surface area contributed by atoms with E-state index in [1.54, 1.807) is 0 Å². The van der Waals surface area contributed by atoms with Crippen molar-refractivity contribution in [2.24, 2.45) is 0 Å². The van der Waals surface area contributed by atoms with Crippen LogP contribution < -0.4 is 19.3 Å². The van der Waals surface area contributed by atoms with Crippen LogP contribution in [0, 0.1) is 0 Å². The van der Waals surface area contributed by atoms with E-state index in [1.807, 2.05) is 72.8 Å². The van der Waals surface area contributed by atoms with Gasteiger partial charge in [0.2, 0.25) is 0 Å². The Morgan fingerprint density at radius 3 is 1.03 bits per heavy atom. The van der Waals surface area contributed by atoms with Gasteiger partial charge in [-0.2, -0.15) is 0 Å². The summed E-state index contributed by atoms with van der Waals surface area (Å²) in [5.74, 6) is 3.26. The Kier molecular flexibility index (Phi) is 5.04. The van der Waals surface area contributed by atoms with Gasteiger partial charge in [-0.25, -0.2) is 0 Å². The number of fused-ring (bicyclic) bond motifs is 4. The molecule has 36 heavy (non-hydrogen) atoms. The van der Waals surface area contributed by atoms with Crippen LogP contribution in [-0.4, -0.2) is 0 Å². The van der Waals surface area contributed by atoms with Crippen LogP contribution in [0.4, 0.5) is 34.1 Å². The molecule has 4 nitrogen and oxygen atoms in total. The van der Waals surface area contributed by atoms with Gasteiger partial charge in [0.1, 0.15) is 0 Å². The van der Waals surface area contributed by atoms with Crippen LogP contribution in [0.2, 0.25) is 0 Å². The molecule has 174 valence electrons. The van der Waals surface area contributed by atoms with Crippen molar-refractivity contribution >= 4 is 66.0 Å². The number of hydrogen-bond acceptors (Lipinski definition) is 4. The fraction of sp³-hybridized carbons (Fsp3) is 0. The normalized spacial score (nSPS) is 13.1. The second kappa shape index (κ2) is 8.43. The molecule has 0 N–H and O–H groups in total. The SMILES string of the molecule is Brc1cc(Br)c(N2c3ccccc3Oc3ccccc32)cc1N1c2ccccc2Oc2ccccc21. The topological polar surface area (TPSA) is 24.9 Å². The fourth-order valence-corrected chi connectivity index (χ4v) is 6.15. The highest BCUT2D eigenvalue weighted by atomic mass is 79.9. The predicted octanol–water partition coefficient (Wildman–Crippen LogP) is 10.4. The van der Waals surface area contributed by atoms with E-state index in [9.17, 15) is 0 Å². The average Bonchev–Trinajstić information content (AvgIpc) is 2.91. The van der Waals surface area contributed by atoms with Gasteiger partial charge >= 0.3 is 0 Å². The van der Waals surface area contributed by atoms with E-state index < -0.39 is 0 Å². The summed E-state index contributed by atoms with van der Waals surface area (Å²) in [5, 5.41) is 0. The van der Waals surface area contributed by atoms with Gasteiger partial charge in [-0.05, 0) is 92.5 Å². The van der Waals surface area contributed by atoms with Crippen molar-refractivity contribution in [3.8, 4) is 23.0 Å². The van der Waals surface area contributed by atoms with Crippen molar-refractivity contribution in [2.45, 2.75) is 0 Å². The standard InChI is InChI=1S/C30H18Br2N2O2/c31-19-17-20(32)26(34-23-11-3-7-15-29(23)36-30-16-8-4-12-24(30)34)18-25(19)33-21-9-1-5-13-27(21)35-28-14-6-2-10-22(28)33/h1-18H. The molecule has 6 heteroatoms. The molecular weight excluding hydrogens is 580 g/mol. The molecule has 2 aliphatic heterocycles. The lowest BCUT2D eigenvalue weighted by Crippen LogP contribution is -2.19. The highest BCUT2D eigenvalue weighted by Gasteiger charge is 2.31. The highest BCUT2D eigenvalue weighted by Crippen LogP contribution is 2.56. The number of para-hydroxylation sites is 8. The van der Waals surface area contributed by atoms with Crippen molar-refractivity contribution in [2.75, 3.05) is 9.80 Å². The maximum absolute atomic E-state index is 6.24. The smallest absolute Gasteiger partial charge is 0.151 e. The summed E-state index contributed by atoms with van der Waals surface area (Å²) in [6.45, 7) is 0. The number of rotatable bonds is 2. The van der Waals surface area contributed by atoms with Crippen LogP contribution in [-0.2, 0) is 0 Å². The third-order valence-electron chi connectivity index (χ3n) is 6.36. The molecule has 0 spiro atoms. The van der Waals surface area contributed by atoms with E-state index in [4.69, 9.17) is 9.47 Å². The molecular formula is C30H18Br2N2O2. The predicted molar refractivity (Wildman–Crippen MR) is 151 cm³/mol. The molecule has 0 aromatic heterocycles. The lowest BCUT2D eigenvalue weighted by atomic mass is 10.1. The van der Waals surface area contributed by atoms with Crippen LogP contribution in [0.3, 0.4) is 0 Å². The monoisotopic (exact) mass is 596 g/mol. The lowest BCUT2D eigenvalue weighted by Gasteiger charge is -2.36. The van der Waals surface area contributed by atoms with Gasteiger partial charge in [-0.1, -0.05) is 48.5 Å². The first kappa shape index (κ1) is 21.5. The maximum atomic E-state index is 6.24. The molecule has 0 atom stereocenters. The van der Waals surface area contributed by atoms with Crippen LogP contribution in [0.15, 0.2) is 118 Å². The molecule has 2 aliphatic rings. The zero-order valence-corrected chi connectivity index (χ0v) is 22.0. The maximum Gasteiger partial charge on any atom is 0.151 e. The summed E-state index contributed by atoms with van der Waals surface area (Å²) in [4.78, 5) is 4.49. The summed E-state index contributed by atoms with van der Waals surface area (Å²) >= 11 is 7.70. The molecule has 0 aliphatic carbocycles. The van der Waals surface area contributed by atoms with Crippen LogP contribution in [0.1, 0.15) is 0 Å². The molecule has 0 saturated carbocycles. The Labute approximate surface area is 225 Å². The van der Waals surface area contributed by atoms with Gasteiger partial charge < -0.3 is 19.3 Å². The van der Waals surface area contributed by atoms with Gasteiger partial charge in [-0.3, -0.25) is 0 Å². The first-order chi connectivity index (χ1) is 17.7. The van der Waals surface area contributed by atoms with Crippen molar-refractivity contribution in [3.05, 3.63) is 118 Å². The largest absolute Gasteiger partial charge is 0.453 e. The summed E-state index contributed by atoms with van der Waals surface area (Å²) in [7, 11) is 0. The van der Waals surface area contributed by atoms with Crippen molar-refractivity contribution < 1.29 is 9.47 Å². The molecule has 5 aromatic carbocycles. The summed E-state index contributed by atoms with van der Waals surface area (Å²) in [5.41, 5.74) is 5.91. The van der Waals surface area contributed by atoms with E-state index in [0.29, 0.717) is 0 Å². The second-order valence-electron chi connectivity index (χ2n) is 8.50. The summed E-state index contributed by atoms with van der Waals surface area (Å²) in [6.07, 6.45) is 0. The van der Waals surface area contributed by atoms with Crippen LogP contribution >= 0.6 is 31.9 Å². The first-order valence-electron chi connectivity index (χ1n) is 11.5. The van der Waals surface area contributed by atoms with Gasteiger partial charge in [0.15, 0.2) is 23.0 Å². The minimum Gasteiger partial charge on any atom is -0.453 e. The molecule has 0 saturated heterocycles. The summed E-state index contributed by atoms with van der Waals surface area (Å²) in [6, 6.07) is 36.7. The molecule has 0 bridgehead atoms.